The van der Waals surface area contributed by atoms with Crippen LogP contribution in [-0.2, 0) is 23.6 Å². The van der Waals surface area contributed by atoms with Crippen LogP contribution >= 0.6 is 0 Å². The van der Waals surface area contributed by atoms with Crippen LogP contribution < -0.4 is 41.8 Å². The molecule has 0 unspecified atom stereocenters. The summed E-state index contributed by atoms with van der Waals surface area (Å²) in [6.07, 6.45) is 3.91. The van der Waals surface area contributed by atoms with Crippen molar-refractivity contribution in [3.8, 4) is 0 Å². The number of benzene rings is 1. The first-order valence-electron chi connectivity index (χ1n) is 5.88. The minimum Gasteiger partial charge on any atom is -1.00 e. The Labute approximate surface area is 167 Å². The topological polar surface area (TPSA) is 101 Å². The largest absolute Gasteiger partial charge is 2.00 e. The Morgan fingerprint density at radius 3 is 2.33 bits per heavy atom. The Balaban J connectivity index is -0.000000882. The molecule has 4 N–H and O–H groups in total. The third-order valence-electron chi connectivity index (χ3n) is 2.89. The first-order valence-corrected chi connectivity index (χ1v) is 5.88. The Hall–Kier alpha value is -1.34. The van der Waals surface area contributed by atoms with E-state index in [1.165, 1.54) is 0 Å². The minimum atomic E-state index is -0.935. The number of hydrogen-bond donors (Lipinski definition) is 2. The second-order valence-corrected chi connectivity index (χ2v) is 4.27. The third-order valence-corrected chi connectivity index (χ3v) is 2.89. The summed E-state index contributed by atoms with van der Waals surface area (Å²) in [5, 5.41) is 8.95. The van der Waals surface area contributed by atoms with Gasteiger partial charge < -0.3 is 52.8 Å². The Morgan fingerprint density at radius 2 is 1.75 bits per heavy atom. The number of carboxylic acids is 1. The normalized spacial score (nSPS) is 8.50. The summed E-state index contributed by atoms with van der Waals surface area (Å²) in [6.45, 7) is 0.623. The van der Waals surface area contributed by atoms with Crippen LogP contribution in [0, 0.1) is 0 Å². The predicted octanol–water partition coefficient (Wildman–Crippen LogP) is -8.22. The smallest absolute Gasteiger partial charge is 1.00 e. The molecule has 3 aromatic rings. The van der Waals surface area contributed by atoms with Gasteiger partial charge in [0.05, 0.1) is 16.6 Å². The van der Waals surface area contributed by atoms with E-state index >= 15 is 0 Å². The first kappa shape index (κ1) is 27.5. The van der Waals surface area contributed by atoms with Crippen molar-refractivity contribution in [1.29, 1.82) is 0 Å². The van der Waals surface area contributed by atoms with Gasteiger partial charge in [0, 0.05) is 12.1 Å². The molecule has 0 spiro atoms. The molecule has 0 aliphatic carbocycles. The average Bonchev–Trinajstić information content (AvgIpc) is 2.80. The second-order valence-electron chi connectivity index (χ2n) is 4.27. The Morgan fingerprint density at radius 1 is 1.12 bits per heavy atom. The maximum atomic E-state index is 10.9. The van der Waals surface area contributed by atoms with Gasteiger partial charge in [-0.2, -0.15) is 4.57 Å². The number of hydrogen-bond acceptors (Lipinski definition) is 2. The molecule has 0 saturated carbocycles. The van der Waals surface area contributed by atoms with Crippen molar-refractivity contribution in [3.05, 3.63) is 60.2 Å². The molecular formula is C14H14Cl3CuN3O3. The van der Waals surface area contributed by atoms with Crippen LogP contribution in [0.1, 0.15) is 16.2 Å². The summed E-state index contributed by atoms with van der Waals surface area (Å²) in [5.74, 6) is -0.135. The zero-order chi connectivity index (χ0) is 13.2. The van der Waals surface area contributed by atoms with Crippen molar-refractivity contribution in [1.82, 2.24) is 9.97 Å². The van der Waals surface area contributed by atoms with Gasteiger partial charge >= 0.3 is 23.0 Å². The van der Waals surface area contributed by atoms with Crippen LogP contribution in [-0.4, -0.2) is 26.5 Å². The molecule has 0 amide bonds. The molecule has 0 fully saturated rings. The molecule has 0 atom stereocenters. The average molecular weight is 442 g/mol. The van der Waals surface area contributed by atoms with E-state index in [1.807, 2.05) is 35.2 Å². The molecular weight excluding hydrogens is 428 g/mol. The van der Waals surface area contributed by atoms with Gasteiger partial charge in [-0.1, -0.05) is 6.07 Å². The van der Waals surface area contributed by atoms with E-state index in [4.69, 9.17) is 5.11 Å². The number of pyridine rings is 1. The van der Waals surface area contributed by atoms with E-state index in [2.05, 4.69) is 9.97 Å². The zero-order valence-corrected chi connectivity index (χ0v) is 15.2. The minimum absolute atomic E-state index is 0. The quantitative estimate of drug-likeness (QED) is 0.311. The van der Waals surface area contributed by atoms with E-state index in [0.29, 0.717) is 6.54 Å². The van der Waals surface area contributed by atoms with E-state index < -0.39 is 5.97 Å². The number of nitrogens with zero attached hydrogens (tertiary/aromatic N) is 2. The predicted molar refractivity (Wildman–Crippen MR) is 72.4 cm³/mol. The van der Waals surface area contributed by atoms with Gasteiger partial charge in [0.2, 0.25) is 6.54 Å². The molecule has 2 heterocycles. The maximum Gasteiger partial charge on any atom is 2.00 e. The van der Waals surface area contributed by atoms with Gasteiger partial charge in [0.15, 0.2) is 18.2 Å². The van der Waals surface area contributed by atoms with Gasteiger partial charge in [-0.05, 0) is 18.2 Å². The summed E-state index contributed by atoms with van der Waals surface area (Å²) >= 11 is 0. The standard InChI is InChI=1S/C14H11N3O2.3ClH.Cu.H2O/c18-14(19)10-4-5-11-12(8-10)16-13(15-11)9-17-6-2-1-3-7-17;;;;;/h1-8H,9H2,(H-,15,16,18,19);3*1H;;1H2/q;;;;+2;/p-2. The fourth-order valence-electron chi connectivity index (χ4n) is 1.98. The Bertz CT molecular complexity index is 757. The number of carboxylic acid groups (broad SMARTS) is 1. The summed E-state index contributed by atoms with van der Waals surface area (Å²) < 4.78 is 2.00. The van der Waals surface area contributed by atoms with Gasteiger partial charge in [0.25, 0.3) is 0 Å². The van der Waals surface area contributed by atoms with Crippen molar-refractivity contribution in [2.45, 2.75) is 6.54 Å². The molecule has 0 aliphatic heterocycles. The fourth-order valence-corrected chi connectivity index (χ4v) is 1.98. The van der Waals surface area contributed by atoms with Crippen molar-refractivity contribution in [3.63, 3.8) is 0 Å². The van der Waals surface area contributed by atoms with Crippen LogP contribution in [0.15, 0.2) is 48.8 Å². The van der Waals surface area contributed by atoms with Crippen molar-refractivity contribution in [2.75, 3.05) is 0 Å². The molecule has 10 heteroatoms. The van der Waals surface area contributed by atoms with Crippen molar-refractivity contribution in [2.24, 2.45) is 0 Å². The molecule has 1 radical (unpaired) electrons. The molecule has 0 bridgehead atoms. The first-order chi connectivity index (χ1) is 9.22. The number of H-pyrrole nitrogens is 1. The van der Waals surface area contributed by atoms with Gasteiger partial charge in [-0.3, -0.25) is 0 Å². The number of aromatic amines is 1. The molecule has 1 aromatic carbocycles. The van der Waals surface area contributed by atoms with Crippen molar-refractivity contribution < 1.29 is 74.2 Å². The Kier molecular flexibility index (Phi) is 13.8. The summed E-state index contributed by atoms with van der Waals surface area (Å²) in [7, 11) is 0. The third kappa shape index (κ3) is 6.28. The fraction of sp³-hybridized carbons (Fsp3) is 0.0714. The summed E-state index contributed by atoms with van der Waals surface area (Å²) in [5.41, 5.74) is 1.78. The molecule has 0 saturated heterocycles. The molecule has 0 aliphatic rings. The number of aromatic carboxylic acids is 1. The van der Waals surface area contributed by atoms with E-state index in [1.54, 1.807) is 18.2 Å². The molecule has 6 nitrogen and oxygen atoms in total. The SMILES string of the molecule is O.O=C(O)c1ccc2nc(C[n+]3ccccc3)[nH]c2c1.[Cl-].[Cl-].[Cl-].[Cu+2]. The monoisotopic (exact) mass is 440 g/mol. The van der Waals surface area contributed by atoms with E-state index in [-0.39, 0.29) is 65.3 Å². The molecule has 24 heavy (non-hydrogen) atoms. The van der Waals surface area contributed by atoms with E-state index in [0.717, 1.165) is 16.9 Å². The number of nitrogens with one attached hydrogen (secondary N) is 1. The van der Waals surface area contributed by atoms with Gasteiger partial charge in [-0.15, -0.1) is 0 Å². The number of fused-ring (bicyclic) bond motifs is 1. The molecule has 2 aromatic heterocycles. The van der Waals surface area contributed by atoms with Gasteiger partial charge in [0.1, 0.15) is 0 Å². The van der Waals surface area contributed by atoms with Crippen LogP contribution in [0.2, 0.25) is 0 Å². The molecule has 3 rings (SSSR count). The number of aromatic nitrogens is 3. The van der Waals surface area contributed by atoms with Crippen LogP contribution in [0.5, 0.6) is 0 Å². The van der Waals surface area contributed by atoms with E-state index in [9.17, 15) is 4.79 Å². The number of halogens is 3. The van der Waals surface area contributed by atoms with Crippen LogP contribution in [0.3, 0.4) is 0 Å². The second kappa shape index (κ2) is 12.1. The maximum absolute atomic E-state index is 10.9. The van der Waals surface area contributed by atoms with Crippen LogP contribution in [0.4, 0.5) is 0 Å². The number of imidazole rings is 1. The zero-order valence-electron chi connectivity index (χ0n) is 12.0. The number of rotatable bonds is 3. The number of carbonyl (C=O) groups is 1. The molecule has 135 valence electrons. The summed E-state index contributed by atoms with van der Waals surface area (Å²) in [6, 6.07) is 10.7. The summed E-state index contributed by atoms with van der Waals surface area (Å²) in [4.78, 5) is 18.5. The van der Waals surface area contributed by atoms with Crippen LogP contribution in [0.25, 0.3) is 11.0 Å². The van der Waals surface area contributed by atoms with Crippen molar-refractivity contribution >= 4 is 17.0 Å². The van der Waals surface area contributed by atoms with Gasteiger partial charge in [-0.25, -0.2) is 9.78 Å².